The van der Waals surface area contributed by atoms with E-state index in [2.05, 4.69) is 53.6 Å². The average Bonchev–Trinajstić information content (AvgIpc) is 2.73. The molecule has 32 heavy (non-hydrogen) atoms. The molecule has 0 aliphatic carbocycles. The van der Waals surface area contributed by atoms with E-state index in [1.54, 1.807) is 13.8 Å². The minimum absolute atomic E-state index is 0.0752. The number of rotatable bonds is 1. The molecule has 13 nitrogen and oxygen atoms in total. The minimum Gasteiger partial charge on any atom is -0.391 e. The highest BCUT2D eigenvalue weighted by atomic mass is 16.3. The zero-order chi connectivity index (χ0) is 24.1. The number of H-pyrrole nitrogens is 4. The first-order valence-corrected chi connectivity index (χ1v) is 8.69. The number of hydrogen-bond donors (Lipinski definition) is 7. The Bertz CT molecular complexity index is 1410. The molecule has 3 rings (SSSR count). The molecule has 0 aromatic carbocycles. The van der Waals surface area contributed by atoms with Crippen molar-refractivity contribution in [3.63, 3.8) is 0 Å². The number of aromatic amines is 4. The van der Waals surface area contributed by atoms with Gasteiger partial charge in [0, 0.05) is 24.2 Å². The van der Waals surface area contributed by atoms with Crippen LogP contribution < -0.4 is 34.1 Å². The Hall–Kier alpha value is -4.88. The van der Waals surface area contributed by atoms with Crippen LogP contribution in [0.4, 0.5) is 11.6 Å². The van der Waals surface area contributed by atoms with Gasteiger partial charge in [-0.05, 0) is 13.8 Å². The summed E-state index contributed by atoms with van der Waals surface area (Å²) in [4.78, 5) is 58.2. The van der Waals surface area contributed by atoms with Crippen LogP contribution in [0.25, 0.3) is 0 Å². The molecule has 0 saturated carbocycles. The minimum atomic E-state index is -0.517. The van der Waals surface area contributed by atoms with Gasteiger partial charge in [-0.3, -0.25) is 9.78 Å². The Morgan fingerprint density at radius 2 is 1.38 bits per heavy atom. The van der Waals surface area contributed by atoms with Crippen molar-refractivity contribution in [2.24, 2.45) is 0 Å². The van der Waals surface area contributed by atoms with E-state index < -0.39 is 22.6 Å². The van der Waals surface area contributed by atoms with Crippen LogP contribution in [0.1, 0.15) is 30.5 Å². The van der Waals surface area contributed by atoms with Gasteiger partial charge in [0.15, 0.2) is 0 Å². The second-order valence-electron chi connectivity index (χ2n) is 5.51. The molecule has 166 valence electrons. The van der Waals surface area contributed by atoms with Crippen molar-refractivity contribution in [3.8, 4) is 23.7 Å². The molecule has 0 bridgehead atoms. The zero-order valence-corrected chi connectivity index (χ0v) is 17.1. The zero-order valence-electron chi connectivity index (χ0n) is 17.1. The number of aromatic nitrogens is 6. The summed E-state index contributed by atoms with van der Waals surface area (Å²) in [6, 6.07) is 0. The van der Waals surface area contributed by atoms with E-state index in [1.165, 1.54) is 18.6 Å². The second kappa shape index (κ2) is 12.6. The lowest BCUT2D eigenvalue weighted by Crippen LogP contribution is -2.23. The number of nitrogens with one attached hydrogen (secondary N) is 4. The molecule has 0 radical (unpaired) electrons. The Morgan fingerprint density at radius 3 is 1.88 bits per heavy atom. The topological polar surface area (TPSA) is 229 Å². The quantitative estimate of drug-likeness (QED) is 0.207. The van der Waals surface area contributed by atoms with Gasteiger partial charge >= 0.3 is 17.1 Å². The molecule has 0 aliphatic heterocycles. The van der Waals surface area contributed by atoms with Crippen molar-refractivity contribution in [3.05, 3.63) is 77.1 Å². The van der Waals surface area contributed by atoms with E-state index in [0.717, 1.165) is 0 Å². The highest BCUT2D eigenvalue weighted by molar-refractivity contribution is 5.48. The maximum Gasteiger partial charge on any atom is 0.346 e. The highest BCUT2D eigenvalue weighted by Crippen LogP contribution is 2.01. The van der Waals surface area contributed by atoms with Crippen LogP contribution in [-0.4, -0.2) is 35.0 Å². The summed E-state index contributed by atoms with van der Waals surface area (Å²) in [5.41, 5.74) is 9.93. The van der Waals surface area contributed by atoms with E-state index in [0.29, 0.717) is 11.1 Å². The summed E-state index contributed by atoms with van der Waals surface area (Å²) >= 11 is 0. The van der Waals surface area contributed by atoms with Gasteiger partial charge in [-0.25, -0.2) is 14.4 Å². The first kappa shape index (κ1) is 25.2. The number of hydrogen-bond acceptors (Lipinski definition) is 9. The highest BCUT2D eigenvalue weighted by Gasteiger charge is 1.97. The first-order chi connectivity index (χ1) is 15.2. The van der Waals surface area contributed by atoms with Crippen LogP contribution in [0, 0.1) is 23.7 Å². The molecule has 0 spiro atoms. The lowest BCUT2D eigenvalue weighted by molar-refractivity contribution is 0.281. The Balaban J connectivity index is 0.000000240. The fourth-order valence-corrected chi connectivity index (χ4v) is 1.84. The standard InChI is InChI=1S/C7H7N3O.C7H6N2O2.C5H7N3O2/c1-2-3-5-4-9-7(11)10-6(5)8;1-2-3-5-4-8-7(11)9-6(5)10;6-4-3(2-9)1-7-5(10)8-4/h4H,1H3,(H3,8,9,10,11);4H,1H3,(H2,8,9,10,11);1,9H,2H2,(H3,6,7,8,10). The average molecular weight is 440 g/mol. The van der Waals surface area contributed by atoms with Crippen molar-refractivity contribution in [1.82, 2.24) is 29.9 Å². The van der Waals surface area contributed by atoms with Crippen LogP contribution in [0.2, 0.25) is 0 Å². The van der Waals surface area contributed by atoms with E-state index in [4.69, 9.17) is 16.6 Å². The van der Waals surface area contributed by atoms with Gasteiger partial charge in [-0.1, -0.05) is 11.8 Å². The monoisotopic (exact) mass is 440 g/mol. The van der Waals surface area contributed by atoms with E-state index >= 15 is 0 Å². The van der Waals surface area contributed by atoms with Gasteiger partial charge < -0.3 is 31.5 Å². The molecule has 0 saturated heterocycles. The van der Waals surface area contributed by atoms with Gasteiger partial charge in [0.05, 0.1) is 12.2 Å². The van der Waals surface area contributed by atoms with Crippen LogP contribution in [0.15, 0.2) is 37.8 Å². The van der Waals surface area contributed by atoms with Crippen molar-refractivity contribution in [2.75, 3.05) is 11.5 Å². The summed E-state index contributed by atoms with van der Waals surface area (Å²) in [6.07, 6.45) is 4.07. The fourth-order valence-electron chi connectivity index (χ4n) is 1.84. The summed E-state index contributed by atoms with van der Waals surface area (Å²) in [5, 5.41) is 8.57. The van der Waals surface area contributed by atoms with Crippen molar-refractivity contribution in [2.45, 2.75) is 20.5 Å². The number of anilines is 2. The van der Waals surface area contributed by atoms with Gasteiger partial charge in [0.1, 0.15) is 17.2 Å². The molecule has 9 N–H and O–H groups in total. The van der Waals surface area contributed by atoms with Crippen molar-refractivity contribution in [1.29, 1.82) is 0 Å². The van der Waals surface area contributed by atoms with E-state index in [1.807, 2.05) is 0 Å². The molecule has 0 aliphatic rings. The Morgan fingerprint density at radius 1 is 0.844 bits per heavy atom. The predicted octanol–water partition coefficient (Wildman–Crippen LogP) is -2.00. The van der Waals surface area contributed by atoms with Crippen LogP contribution >= 0.6 is 0 Å². The van der Waals surface area contributed by atoms with Crippen LogP contribution in [0.3, 0.4) is 0 Å². The van der Waals surface area contributed by atoms with Gasteiger partial charge in [0.25, 0.3) is 5.56 Å². The molecule has 3 aromatic rings. The third kappa shape index (κ3) is 8.24. The Labute approximate surface area is 180 Å². The van der Waals surface area contributed by atoms with Gasteiger partial charge in [-0.15, -0.1) is 11.8 Å². The molecule has 0 atom stereocenters. The summed E-state index contributed by atoms with van der Waals surface area (Å²) in [5.74, 6) is 10.7. The van der Waals surface area contributed by atoms with Crippen LogP contribution in [0.5, 0.6) is 0 Å². The normalized spacial score (nSPS) is 8.84. The number of nitrogens with two attached hydrogens (primary N) is 2. The number of nitrogen functional groups attached to an aromatic ring is 2. The number of aliphatic hydroxyl groups is 1. The first-order valence-electron chi connectivity index (χ1n) is 8.69. The van der Waals surface area contributed by atoms with Crippen molar-refractivity contribution >= 4 is 11.6 Å². The lowest BCUT2D eigenvalue weighted by Gasteiger charge is -1.96. The molecule has 0 amide bonds. The molecule has 13 heteroatoms. The third-order valence-electron chi connectivity index (χ3n) is 3.27. The van der Waals surface area contributed by atoms with Gasteiger partial charge in [-0.2, -0.15) is 9.97 Å². The Kier molecular flexibility index (Phi) is 9.93. The number of nitrogens with zero attached hydrogens (tertiary/aromatic N) is 2. The molecule has 3 aromatic heterocycles. The molecule has 0 unspecified atom stereocenters. The lowest BCUT2D eigenvalue weighted by atomic mass is 10.3. The van der Waals surface area contributed by atoms with Crippen LogP contribution in [-0.2, 0) is 6.61 Å². The van der Waals surface area contributed by atoms with E-state index in [-0.39, 0.29) is 23.8 Å². The SMILES string of the molecule is CC#Cc1c[nH]c(=O)[nH]c1=O.CC#Cc1c[nH]c(=O)nc1N.Nc1nc(=O)[nH]cc1CO. The van der Waals surface area contributed by atoms with E-state index in [9.17, 15) is 19.2 Å². The van der Waals surface area contributed by atoms with Crippen molar-refractivity contribution < 1.29 is 5.11 Å². The molecular formula is C19H20N8O5. The second-order valence-corrected chi connectivity index (χ2v) is 5.51. The number of aliphatic hydroxyl groups excluding tert-OH is 1. The molecule has 0 fully saturated rings. The predicted molar refractivity (Wildman–Crippen MR) is 117 cm³/mol. The molecular weight excluding hydrogens is 420 g/mol. The fraction of sp³-hybridized carbons (Fsp3) is 0.158. The third-order valence-corrected chi connectivity index (χ3v) is 3.27. The summed E-state index contributed by atoms with van der Waals surface area (Å²) in [7, 11) is 0. The summed E-state index contributed by atoms with van der Waals surface area (Å²) < 4.78 is 0. The smallest absolute Gasteiger partial charge is 0.346 e. The summed E-state index contributed by atoms with van der Waals surface area (Å²) in [6.45, 7) is 3.09. The van der Waals surface area contributed by atoms with Gasteiger partial charge in [0.2, 0.25) is 0 Å². The molecule has 3 heterocycles. The maximum atomic E-state index is 10.9. The maximum absolute atomic E-state index is 10.9. The largest absolute Gasteiger partial charge is 0.391 e.